The Balaban J connectivity index is 0.940. The number of alkyl halides is 3. The van der Waals surface area contributed by atoms with Gasteiger partial charge in [-0.15, -0.1) is 11.3 Å². The van der Waals surface area contributed by atoms with E-state index in [0.29, 0.717) is 48.1 Å². The van der Waals surface area contributed by atoms with Crippen molar-refractivity contribution in [2.24, 2.45) is 5.92 Å². The zero-order chi connectivity index (χ0) is 57.0. The fraction of sp³-hybridized carbons (Fsp3) is 0.393. The maximum Gasteiger partial charge on any atom is 0.417 e. The molecule has 3 aromatic heterocycles. The average Bonchev–Trinajstić information content (AvgIpc) is 4.20. The molecule has 8 rings (SSSR count). The molecule has 2 saturated heterocycles. The number of likely N-dealkylation sites (N-methyl/N-ethyl adjacent to an activating group) is 1. The van der Waals surface area contributed by atoms with Crippen LogP contribution in [0, 0.1) is 25.6 Å². The normalized spacial score (nSPS) is 18.5. The second-order valence-electron chi connectivity index (χ2n) is 20.5. The highest BCUT2D eigenvalue weighted by atomic mass is 32.1. The summed E-state index contributed by atoms with van der Waals surface area (Å²) >= 11 is 1.47. The lowest BCUT2D eigenvalue weighted by molar-refractivity contribution is -0.141. The van der Waals surface area contributed by atoms with E-state index >= 15 is 4.39 Å². The molecule has 2 aliphatic rings. The molecule has 0 aliphatic carbocycles. The van der Waals surface area contributed by atoms with Crippen molar-refractivity contribution in [3.8, 4) is 21.6 Å². The summed E-state index contributed by atoms with van der Waals surface area (Å²) in [6.45, 7) is 12.1. The van der Waals surface area contributed by atoms with E-state index < -0.39 is 82.3 Å². The van der Waals surface area contributed by atoms with Crippen LogP contribution in [0.3, 0.4) is 0 Å². The number of aliphatic hydroxyl groups excluding tert-OH is 1. The predicted octanol–water partition coefficient (Wildman–Crippen LogP) is 7.20. The Morgan fingerprint density at radius 2 is 1.59 bits per heavy atom. The Labute approximate surface area is 457 Å². The van der Waals surface area contributed by atoms with E-state index in [1.54, 1.807) is 42.8 Å². The van der Waals surface area contributed by atoms with Crippen LogP contribution in [0.5, 0.6) is 0 Å². The number of aromatic amines is 1. The van der Waals surface area contributed by atoms with Gasteiger partial charge in [-0.25, -0.2) is 9.37 Å². The maximum atomic E-state index is 16.1. The number of amides is 5. The van der Waals surface area contributed by atoms with Gasteiger partial charge in [0.25, 0.3) is 11.8 Å². The number of benzene rings is 3. The summed E-state index contributed by atoms with van der Waals surface area (Å²) in [5, 5.41) is 25.7. The second kappa shape index (κ2) is 24.1. The van der Waals surface area contributed by atoms with Crippen LogP contribution >= 0.6 is 11.3 Å². The molecule has 0 saturated carbocycles. The molecule has 5 heterocycles. The molecule has 2 unspecified atom stereocenters. The van der Waals surface area contributed by atoms with Crippen LogP contribution in [0.4, 0.5) is 28.9 Å². The van der Waals surface area contributed by atoms with Crippen molar-refractivity contribution in [2.75, 3.05) is 50.0 Å². The highest BCUT2D eigenvalue weighted by Gasteiger charge is 2.44. The molecule has 0 spiro atoms. The minimum Gasteiger partial charge on any atom is -0.391 e. The number of rotatable bonds is 17. The summed E-state index contributed by atoms with van der Waals surface area (Å²) in [5.41, 5.74) is 2.11. The van der Waals surface area contributed by atoms with E-state index in [0.717, 1.165) is 22.2 Å². The van der Waals surface area contributed by atoms with Gasteiger partial charge in [-0.1, -0.05) is 55.4 Å². The number of nitrogens with one attached hydrogen (secondary N) is 5. The first-order valence-electron chi connectivity index (χ1n) is 25.8. The van der Waals surface area contributed by atoms with Crippen molar-refractivity contribution in [1.29, 1.82) is 0 Å². The smallest absolute Gasteiger partial charge is 0.391 e. The molecular weight excluding hydrogens is 1050 g/mol. The number of hydrogen-bond donors (Lipinski definition) is 6. The Morgan fingerprint density at radius 1 is 0.899 bits per heavy atom. The first-order valence-corrected chi connectivity index (χ1v) is 26.6. The highest BCUT2D eigenvalue weighted by Crippen LogP contribution is 2.38. The summed E-state index contributed by atoms with van der Waals surface area (Å²) < 4.78 is 63.6. The van der Waals surface area contributed by atoms with Crippen LogP contribution in [0.25, 0.3) is 21.6 Å². The minimum atomic E-state index is -5.02. The number of piperazine rings is 1. The third-order valence-electron chi connectivity index (χ3n) is 14.5. The number of H-pyrrole nitrogens is 1. The fourth-order valence-electron chi connectivity index (χ4n) is 10.1. The number of aryl methyl sites for hydroxylation is 2. The number of likely N-dealkylation sites (tertiary alicyclic amines) is 1. The van der Waals surface area contributed by atoms with Gasteiger partial charge in [-0.2, -0.15) is 13.2 Å². The summed E-state index contributed by atoms with van der Waals surface area (Å²) in [5.74, 6) is -4.77. The van der Waals surface area contributed by atoms with Gasteiger partial charge < -0.3 is 45.7 Å². The van der Waals surface area contributed by atoms with Gasteiger partial charge in [0.1, 0.15) is 23.5 Å². The maximum absolute atomic E-state index is 16.1. The largest absolute Gasteiger partial charge is 0.417 e. The van der Waals surface area contributed by atoms with Crippen molar-refractivity contribution in [3.05, 3.63) is 140 Å². The van der Waals surface area contributed by atoms with Gasteiger partial charge in [0.05, 0.1) is 62.8 Å². The third kappa shape index (κ3) is 13.2. The number of carbonyl (C=O) groups is 5. The van der Waals surface area contributed by atoms with Crippen molar-refractivity contribution in [1.82, 2.24) is 40.9 Å². The van der Waals surface area contributed by atoms with Gasteiger partial charge >= 0.3 is 6.18 Å². The molecule has 23 heteroatoms. The quantitative estimate of drug-likeness (QED) is 0.0393. The lowest BCUT2D eigenvalue weighted by Gasteiger charge is -2.44. The van der Waals surface area contributed by atoms with E-state index in [9.17, 15) is 47.0 Å². The highest BCUT2D eigenvalue weighted by molar-refractivity contribution is 7.13. The standard InChI is InChI=1S/C56H62F4N10O8S/c1-29(2)50(47-18-30(3)67-78-47)55(77)70-27-38(71)21-46(70)54(76)65-43(34-8-10-35(11-9-34)51-33(6)64-28-79-51)23-49(73)61-16-17-62-52(74)37-12-14-39(42(57)19-37)36-13-15-45(69-25-31(4)68(7)32(5)26-69)44(20-36)66-53(75)40-24-63-48(72)22-41(40)56(58,59)60/h8-15,18-20,22,24,28-29,31-32,38,43,46,50,71H,16-17,21,23,25-27H2,1-7H3,(H,61,73)(H,62,74)(H,63,72)(H,65,76)(H,66,75)/t31-,32+,38-,43?,46+,50?/m1/s1. The van der Waals surface area contributed by atoms with Crippen molar-refractivity contribution >= 4 is 52.2 Å². The van der Waals surface area contributed by atoms with Crippen molar-refractivity contribution in [3.63, 3.8) is 0 Å². The number of anilines is 2. The van der Waals surface area contributed by atoms with E-state index in [1.165, 1.54) is 34.4 Å². The zero-order valence-corrected chi connectivity index (χ0v) is 45.4. The predicted molar refractivity (Wildman–Crippen MR) is 289 cm³/mol. The summed E-state index contributed by atoms with van der Waals surface area (Å²) in [7, 11) is 1.98. The van der Waals surface area contributed by atoms with E-state index in [1.807, 2.05) is 58.7 Å². The van der Waals surface area contributed by atoms with Gasteiger partial charge in [-0.3, -0.25) is 33.7 Å². The molecule has 0 radical (unpaired) electrons. The number of thiazole rings is 1. The van der Waals surface area contributed by atoms with Crippen LogP contribution < -0.4 is 31.7 Å². The van der Waals surface area contributed by atoms with Crippen LogP contribution in [-0.2, 0) is 20.6 Å². The van der Waals surface area contributed by atoms with Crippen molar-refractivity contribution < 1.29 is 51.2 Å². The monoisotopic (exact) mass is 1110 g/mol. The molecule has 3 aromatic carbocycles. The van der Waals surface area contributed by atoms with Crippen LogP contribution in [0.15, 0.2) is 93.8 Å². The molecule has 6 aromatic rings. The summed E-state index contributed by atoms with van der Waals surface area (Å²) in [6.07, 6.45) is -5.59. The van der Waals surface area contributed by atoms with Gasteiger partial charge in [0.15, 0.2) is 0 Å². The Morgan fingerprint density at radius 3 is 2.23 bits per heavy atom. The number of hydrogen-bond acceptors (Lipinski definition) is 13. The van der Waals surface area contributed by atoms with Crippen LogP contribution in [-0.4, -0.2) is 124 Å². The number of β-amino-alcohol motifs (C(OH)–C–C–N with tert-alkyl or cyclic N) is 1. The SMILES string of the molecule is Cc1cc(C(C(=O)N2C[C@H](O)C[C@H]2C(=O)NC(CC(=O)NCCNC(=O)c2ccc(-c3ccc(N4C[C@@H](C)N(C)[C@@H](C)C4)c(NC(=O)c4c[nH]c(=O)cc4C(F)(F)F)c3)c(F)c2)c2ccc(-c3scnc3C)cc2)C(C)C)on1. The van der Waals surface area contributed by atoms with E-state index in [2.05, 4.69) is 41.3 Å². The number of nitrogens with zero attached hydrogens (tertiary/aromatic N) is 5. The van der Waals surface area contributed by atoms with E-state index in [4.69, 9.17) is 4.52 Å². The molecule has 18 nitrogen and oxygen atoms in total. The van der Waals surface area contributed by atoms with E-state index in [-0.39, 0.29) is 72.9 Å². The first-order chi connectivity index (χ1) is 37.5. The number of aromatic nitrogens is 3. The number of aliphatic hydroxyl groups is 1. The number of carbonyl (C=O) groups excluding carboxylic acids is 5. The molecule has 2 fully saturated rings. The molecule has 6 N–H and O–H groups in total. The number of pyridine rings is 1. The molecule has 79 heavy (non-hydrogen) atoms. The van der Waals surface area contributed by atoms with Gasteiger partial charge in [-0.05, 0) is 81.6 Å². The molecule has 6 atom stereocenters. The fourth-order valence-corrected chi connectivity index (χ4v) is 10.9. The molecular formula is C56H62F4N10O8S. The molecule has 5 amide bonds. The van der Waals surface area contributed by atoms with Gasteiger partial charge in [0.2, 0.25) is 23.3 Å². The van der Waals surface area contributed by atoms with Gasteiger partial charge in [0, 0.05) is 80.7 Å². The molecule has 0 bridgehead atoms. The zero-order valence-electron chi connectivity index (χ0n) is 44.5. The second-order valence-corrected chi connectivity index (χ2v) is 21.4. The summed E-state index contributed by atoms with van der Waals surface area (Å²) in [6, 6.07) is 15.9. The third-order valence-corrected chi connectivity index (χ3v) is 15.4. The molecule has 2 aliphatic heterocycles. The average molecular weight is 1110 g/mol. The lowest BCUT2D eigenvalue weighted by Crippen LogP contribution is -2.55. The first kappa shape index (κ1) is 57.4. The topological polar surface area (TPSA) is 235 Å². The Hall–Kier alpha value is -7.76. The molecule has 418 valence electrons. The van der Waals surface area contributed by atoms with Crippen LogP contribution in [0.1, 0.15) is 101 Å². The van der Waals surface area contributed by atoms with Crippen LogP contribution in [0.2, 0.25) is 0 Å². The number of halogens is 4. The Kier molecular flexibility index (Phi) is 17.5. The van der Waals surface area contributed by atoms with Crippen molar-refractivity contribution in [2.45, 2.75) is 96.7 Å². The lowest BCUT2D eigenvalue weighted by atomic mass is 9.91. The Bertz CT molecular complexity index is 3280. The minimum absolute atomic E-state index is 0.0191. The summed E-state index contributed by atoms with van der Waals surface area (Å²) in [4.78, 5) is 93.7.